The van der Waals surface area contributed by atoms with Crippen LogP contribution in [0.3, 0.4) is 0 Å². The summed E-state index contributed by atoms with van der Waals surface area (Å²) in [5.74, 6) is -1.08. The quantitative estimate of drug-likeness (QED) is 0.314. The summed E-state index contributed by atoms with van der Waals surface area (Å²) in [5, 5.41) is 8.81. The average molecular weight is 655 g/mol. The van der Waals surface area contributed by atoms with Crippen LogP contribution in [0.15, 0.2) is 53.0 Å². The Morgan fingerprint density at radius 2 is 1.89 bits per heavy atom. The van der Waals surface area contributed by atoms with Crippen molar-refractivity contribution in [3.05, 3.63) is 73.3 Å². The van der Waals surface area contributed by atoms with Gasteiger partial charge in [-0.15, -0.1) is 0 Å². The van der Waals surface area contributed by atoms with Crippen LogP contribution in [0.2, 0.25) is 0 Å². The summed E-state index contributed by atoms with van der Waals surface area (Å²) in [4.78, 5) is 40.4. The molecule has 1 heterocycles. The fourth-order valence-electron chi connectivity index (χ4n) is 3.75. The minimum Gasteiger partial charge on any atom is -0.478 e. The fraction of sp³-hybridized carbons (Fsp3) is 0.346. The summed E-state index contributed by atoms with van der Waals surface area (Å²) in [6, 6.07) is 12.7. The number of carbonyl (C=O) groups is 3. The minimum absolute atomic E-state index is 0.0664. The molecule has 186 valence electrons. The largest absolute Gasteiger partial charge is 0.478 e. The topological polar surface area (TPSA) is 87.2 Å². The summed E-state index contributed by atoms with van der Waals surface area (Å²) >= 11 is 5.69. The zero-order chi connectivity index (χ0) is 25.8. The molecular weight excluding hydrogens is 627 g/mol. The number of hydrogen-bond acceptors (Lipinski definition) is 4. The van der Waals surface area contributed by atoms with Gasteiger partial charge in [0.2, 0.25) is 0 Å². The van der Waals surface area contributed by atoms with Crippen LogP contribution in [0.1, 0.15) is 48.7 Å². The van der Waals surface area contributed by atoms with E-state index in [-0.39, 0.29) is 11.9 Å². The van der Waals surface area contributed by atoms with E-state index >= 15 is 0 Å². The summed E-state index contributed by atoms with van der Waals surface area (Å²) < 4.78 is 7.58. The van der Waals surface area contributed by atoms with Crippen LogP contribution in [0.5, 0.6) is 0 Å². The van der Waals surface area contributed by atoms with Gasteiger partial charge in [0, 0.05) is 39.3 Å². The number of carbonyl (C=O) groups excluding carboxylic acids is 2. The van der Waals surface area contributed by atoms with Gasteiger partial charge in [-0.05, 0) is 101 Å². The van der Waals surface area contributed by atoms with Crippen molar-refractivity contribution in [2.45, 2.75) is 45.4 Å². The molecule has 0 saturated carbocycles. The van der Waals surface area contributed by atoms with Gasteiger partial charge in [0.05, 0.1) is 6.04 Å². The third-order valence-electron chi connectivity index (χ3n) is 5.44. The lowest BCUT2D eigenvalue weighted by molar-refractivity contribution is -0.131. The van der Waals surface area contributed by atoms with Crippen molar-refractivity contribution in [1.29, 1.82) is 0 Å². The Hall–Kier alpha value is -2.40. The third-order valence-corrected chi connectivity index (χ3v) is 7.77. The van der Waals surface area contributed by atoms with E-state index in [2.05, 4.69) is 38.5 Å². The van der Waals surface area contributed by atoms with Crippen molar-refractivity contribution in [1.82, 2.24) is 9.80 Å². The lowest BCUT2D eigenvalue weighted by Gasteiger charge is -2.32. The van der Waals surface area contributed by atoms with Gasteiger partial charge >= 0.3 is 12.1 Å². The van der Waals surface area contributed by atoms with E-state index < -0.39 is 17.7 Å². The normalized spacial score (nSPS) is 15.9. The molecular formula is C26H28BrIN2O5. The number of amides is 2. The zero-order valence-corrected chi connectivity index (χ0v) is 23.6. The Morgan fingerprint density at radius 1 is 1.20 bits per heavy atom. The Bertz CT molecular complexity index is 1130. The lowest BCUT2D eigenvalue weighted by Crippen LogP contribution is -2.44. The van der Waals surface area contributed by atoms with Crippen molar-refractivity contribution in [2.24, 2.45) is 0 Å². The Morgan fingerprint density at radius 3 is 2.49 bits per heavy atom. The first kappa shape index (κ1) is 27.2. The summed E-state index contributed by atoms with van der Waals surface area (Å²) in [7, 11) is 0. The molecule has 0 radical (unpaired) electrons. The predicted octanol–water partition coefficient (Wildman–Crippen LogP) is 5.80. The molecule has 7 nitrogen and oxygen atoms in total. The number of rotatable bonds is 6. The summed E-state index contributed by atoms with van der Waals surface area (Å²) in [6.07, 6.45) is 2.82. The molecule has 0 aromatic heterocycles. The highest BCUT2D eigenvalue weighted by molar-refractivity contribution is 14.1. The fourth-order valence-corrected chi connectivity index (χ4v) is 4.47. The van der Waals surface area contributed by atoms with Gasteiger partial charge < -0.3 is 14.7 Å². The van der Waals surface area contributed by atoms with E-state index in [1.807, 2.05) is 51.1 Å². The van der Waals surface area contributed by atoms with Crippen LogP contribution < -0.4 is 0 Å². The van der Waals surface area contributed by atoms with Crippen LogP contribution in [-0.2, 0) is 16.1 Å². The Labute approximate surface area is 227 Å². The molecule has 9 heteroatoms. The number of hydrogen-bond donors (Lipinski definition) is 1. The van der Waals surface area contributed by atoms with E-state index in [0.717, 1.165) is 25.2 Å². The van der Waals surface area contributed by atoms with Gasteiger partial charge in [-0.2, -0.15) is 0 Å². The van der Waals surface area contributed by atoms with Crippen molar-refractivity contribution in [3.8, 4) is 0 Å². The number of likely N-dealkylation sites (tertiary alicyclic amines) is 1. The Kier molecular flexibility index (Phi) is 8.98. The van der Waals surface area contributed by atoms with E-state index in [1.54, 1.807) is 21.9 Å². The second-order valence-electron chi connectivity index (χ2n) is 9.34. The summed E-state index contributed by atoms with van der Waals surface area (Å²) in [6.45, 7) is 6.76. The molecule has 3 rings (SSSR count). The maximum absolute atomic E-state index is 13.1. The van der Waals surface area contributed by atoms with Gasteiger partial charge in [-0.25, -0.2) is 9.59 Å². The molecule has 0 spiro atoms. The molecule has 0 unspecified atom stereocenters. The molecule has 1 atom stereocenters. The molecule has 35 heavy (non-hydrogen) atoms. The zero-order valence-electron chi connectivity index (χ0n) is 19.8. The molecule has 0 aliphatic carbocycles. The van der Waals surface area contributed by atoms with Gasteiger partial charge in [0.15, 0.2) is 0 Å². The molecule has 1 aliphatic heterocycles. The molecule has 2 aromatic rings. The van der Waals surface area contributed by atoms with Crippen LogP contribution in [0.4, 0.5) is 4.79 Å². The maximum atomic E-state index is 13.1. The van der Waals surface area contributed by atoms with Crippen LogP contribution in [-0.4, -0.2) is 57.6 Å². The highest BCUT2D eigenvalue weighted by Crippen LogP contribution is 2.25. The van der Waals surface area contributed by atoms with E-state index in [1.165, 1.54) is 6.08 Å². The monoisotopic (exact) mass is 654 g/mol. The van der Waals surface area contributed by atoms with E-state index in [4.69, 9.17) is 9.84 Å². The second-order valence-corrected chi connectivity index (χ2v) is 11.4. The number of nitrogens with zero attached hydrogens (tertiary/aromatic N) is 2. The van der Waals surface area contributed by atoms with Gasteiger partial charge in [0.1, 0.15) is 5.60 Å². The summed E-state index contributed by atoms with van der Waals surface area (Å²) in [5.41, 5.74) is 1.59. The molecule has 1 N–H and O–H groups in total. The molecule has 2 aromatic carbocycles. The maximum Gasteiger partial charge on any atom is 0.410 e. The Balaban J connectivity index is 1.77. The second kappa shape index (κ2) is 11.6. The molecule has 1 aliphatic rings. The smallest absolute Gasteiger partial charge is 0.410 e. The van der Waals surface area contributed by atoms with Crippen LogP contribution >= 0.6 is 38.5 Å². The number of aliphatic carboxylic acids is 1. The number of halogens is 2. The van der Waals surface area contributed by atoms with Crippen molar-refractivity contribution in [3.63, 3.8) is 0 Å². The molecule has 1 saturated heterocycles. The number of benzene rings is 2. The van der Waals surface area contributed by atoms with Gasteiger partial charge in [0.25, 0.3) is 5.91 Å². The third kappa shape index (κ3) is 7.79. The van der Waals surface area contributed by atoms with Crippen molar-refractivity contribution >= 4 is 62.6 Å². The minimum atomic E-state index is -1.01. The van der Waals surface area contributed by atoms with Gasteiger partial charge in [-0.1, -0.05) is 24.3 Å². The first-order valence-electron chi connectivity index (χ1n) is 11.2. The van der Waals surface area contributed by atoms with Crippen molar-refractivity contribution < 1.29 is 24.2 Å². The first-order chi connectivity index (χ1) is 16.4. The highest BCUT2D eigenvalue weighted by Gasteiger charge is 2.35. The molecule has 0 bridgehead atoms. The highest BCUT2D eigenvalue weighted by atomic mass is 127. The van der Waals surface area contributed by atoms with Crippen LogP contribution in [0, 0.1) is 3.57 Å². The van der Waals surface area contributed by atoms with Crippen molar-refractivity contribution in [2.75, 3.05) is 13.1 Å². The predicted molar refractivity (Wildman–Crippen MR) is 146 cm³/mol. The number of ether oxygens (including phenoxy) is 1. The standard InChI is InChI=1S/C26H28BrIN2O5/c1-26(2,3)35-25(34)30(15-18-6-4-17(5-7-18)8-11-23(31)32)20-12-13-29(16-20)24(33)19-9-10-22(28)21(27)14-19/h4-11,14,20H,12-13,15-16H2,1-3H3,(H,31,32)/b11-8+/t20-/m0/s1. The average Bonchev–Trinajstić information content (AvgIpc) is 3.26. The SMILES string of the molecule is CC(C)(C)OC(=O)N(Cc1ccc(/C=C/C(=O)O)cc1)[C@H]1CCN(C(=O)c2ccc(I)c(Br)c2)C1. The lowest BCUT2D eigenvalue weighted by atomic mass is 10.1. The number of carboxylic acid groups (broad SMARTS) is 1. The molecule has 1 fully saturated rings. The van der Waals surface area contributed by atoms with Gasteiger partial charge in [-0.3, -0.25) is 9.69 Å². The van der Waals surface area contributed by atoms with E-state index in [9.17, 15) is 14.4 Å². The first-order valence-corrected chi connectivity index (χ1v) is 13.0. The van der Waals surface area contributed by atoms with Crippen LogP contribution in [0.25, 0.3) is 6.08 Å². The molecule has 2 amide bonds. The number of carboxylic acids is 1. The van der Waals surface area contributed by atoms with E-state index in [0.29, 0.717) is 31.6 Å².